The van der Waals surface area contributed by atoms with Crippen molar-refractivity contribution in [2.75, 3.05) is 5.73 Å². The number of nitrogens with zero attached hydrogens (tertiary/aromatic N) is 1. The third-order valence-electron chi connectivity index (χ3n) is 4.97. The summed E-state index contributed by atoms with van der Waals surface area (Å²) in [6.07, 6.45) is -4.14. The van der Waals surface area contributed by atoms with Crippen LogP contribution in [0.4, 0.5) is 18.9 Å². The van der Waals surface area contributed by atoms with Gasteiger partial charge in [0, 0.05) is 11.6 Å². The zero-order valence-electron chi connectivity index (χ0n) is 17.1. The predicted octanol–water partition coefficient (Wildman–Crippen LogP) is 4.00. The van der Waals surface area contributed by atoms with Gasteiger partial charge in [-0.2, -0.15) is 23.2 Å². The predicted molar refractivity (Wildman–Crippen MR) is 112 cm³/mol. The summed E-state index contributed by atoms with van der Waals surface area (Å²) in [5, 5.41) is 9.72. The van der Waals surface area contributed by atoms with Gasteiger partial charge in [0.2, 0.25) is 10.0 Å². The number of nitrogens with one attached hydrogen (secondary N) is 2. The molecule has 4 N–H and O–H groups in total. The van der Waals surface area contributed by atoms with Crippen LogP contribution in [0.2, 0.25) is 0 Å². The number of hydrogen-bond donors (Lipinski definition) is 3. The summed E-state index contributed by atoms with van der Waals surface area (Å²) in [6.45, 7) is 4.91. The van der Waals surface area contributed by atoms with Crippen LogP contribution in [0.1, 0.15) is 27.8 Å². The van der Waals surface area contributed by atoms with Crippen LogP contribution in [-0.2, 0) is 16.4 Å². The van der Waals surface area contributed by atoms with Gasteiger partial charge in [0.15, 0.2) is 0 Å². The van der Waals surface area contributed by atoms with Crippen molar-refractivity contribution < 1.29 is 21.6 Å². The van der Waals surface area contributed by atoms with Crippen molar-refractivity contribution >= 4 is 26.6 Å². The van der Waals surface area contributed by atoms with Gasteiger partial charge in [-0.05, 0) is 67.6 Å². The number of benzene rings is 2. The van der Waals surface area contributed by atoms with Crippen LogP contribution in [0.5, 0.6) is 0 Å². The molecule has 0 aliphatic carbocycles. The summed E-state index contributed by atoms with van der Waals surface area (Å²) in [4.78, 5) is 2.46. The van der Waals surface area contributed by atoms with E-state index in [1.165, 1.54) is 19.2 Å². The van der Waals surface area contributed by atoms with Gasteiger partial charge in [0.1, 0.15) is 17.0 Å². The summed E-state index contributed by atoms with van der Waals surface area (Å²) in [7, 11) is -4.56. The van der Waals surface area contributed by atoms with Crippen LogP contribution >= 0.6 is 0 Å². The summed E-state index contributed by atoms with van der Waals surface area (Å²) in [6, 6.07) is 5.84. The Kier molecular flexibility index (Phi) is 5.78. The molecule has 0 bridgehead atoms. The molecule has 0 amide bonds. The van der Waals surface area contributed by atoms with E-state index in [4.69, 9.17) is 5.73 Å². The molecule has 1 atom stereocenters. The van der Waals surface area contributed by atoms with Gasteiger partial charge in [-0.15, -0.1) is 0 Å². The Bertz CT molecular complexity index is 1280. The number of anilines is 1. The van der Waals surface area contributed by atoms with Crippen LogP contribution in [0.15, 0.2) is 35.4 Å². The first-order chi connectivity index (χ1) is 14.3. The molecule has 164 valence electrons. The number of aryl methyl sites for hydroxylation is 3. The lowest BCUT2D eigenvalue weighted by Gasteiger charge is -2.22. The van der Waals surface area contributed by atoms with E-state index in [1.807, 2.05) is 6.07 Å². The van der Waals surface area contributed by atoms with Crippen LogP contribution in [0.25, 0.3) is 10.9 Å². The van der Waals surface area contributed by atoms with Gasteiger partial charge >= 0.3 is 6.18 Å². The molecule has 3 aromatic rings. The van der Waals surface area contributed by atoms with E-state index in [-0.39, 0.29) is 21.7 Å². The lowest BCUT2D eigenvalue weighted by molar-refractivity contribution is -0.150. The maximum Gasteiger partial charge on any atom is 0.405 e. The number of hydrogen-bond acceptors (Lipinski definition) is 4. The molecular formula is C21H21F3N4O2S. The molecule has 1 aromatic heterocycles. The molecule has 0 fully saturated rings. The SMILES string of the molecule is Cc1cc(C)c(S(=O)(=O)NC(Cc2c[nH]c3c(C#N)cc(C)cc23)C(F)(F)F)c(N)c1. The van der Waals surface area contributed by atoms with Gasteiger partial charge in [0.05, 0.1) is 16.8 Å². The normalized spacial score (nSPS) is 13.3. The first kappa shape index (κ1) is 22.7. The molecule has 31 heavy (non-hydrogen) atoms. The number of halogens is 3. The number of sulfonamides is 1. The van der Waals surface area contributed by atoms with Crippen LogP contribution in [-0.4, -0.2) is 25.6 Å². The Morgan fingerprint density at radius 2 is 1.81 bits per heavy atom. The number of H-pyrrole nitrogens is 1. The smallest absolute Gasteiger partial charge is 0.398 e. The molecule has 0 aliphatic rings. The third kappa shape index (κ3) is 4.52. The fourth-order valence-corrected chi connectivity index (χ4v) is 5.30. The van der Waals surface area contributed by atoms with E-state index >= 15 is 0 Å². The van der Waals surface area contributed by atoms with Crippen LogP contribution in [0.3, 0.4) is 0 Å². The zero-order valence-corrected chi connectivity index (χ0v) is 17.9. The Morgan fingerprint density at radius 1 is 1.16 bits per heavy atom. The van der Waals surface area contributed by atoms with Crippen molar-refractivity contribution in [2.45, 2.75) is 44.3 Å². The molecule has 0 saturated carbocycles. The molecule has 10 heteroatoms. The lowest BCUT2D eigenvalue weighted by Crippen LogP contribution is -2.47. The Hall–Kier alpha value is -3.03. The summed E-state index contributed by atoms with van der Waals surface area (Å²) in [5.41, 5.74) is 8.31. The van der Waals surface area contributed by atoms with E-state index in [0.717, 1.165) is 0 Å². The summed E-state index contributed by atoms with van der Waals surface area (Å²) < 4.78 is 69.0. The number of nitriles is 1. The topological polar surface area (TPSA) is 112 Å². The largest absolute Gasteiger partial charge is 0.405 e. The average molecular weight is 450 g/mol. The maximum absolute atomic E-state index is 13.8. The van der Waals surface area contributed by atoms with E-state index < -0.39 is 28.7 Å². The molecule has 0 spiro atoms. The molecule has 1 heterocycles. The Labute approximate surface area is 177 Å². The highest BCUT2D eigenvalue weighted by atomic mass is 32.2. The minimum absolute atomic E-state index is 0.118. The second-order valence-corrected chi connectivity index (χ2v) is 9.23. The van der Waals surface area contributed by atoms with Gasteiger partial charge in [-0.1, -0.05) is 6.07 Å². The van der Waals surface area contributed by atoms with Crippen molar-refractivity contribution in [2.24, 2.45) is 0 Å². The van der Waals surface area contributed by atoms with E-state index in [0.29, 0.717) is 27.6 Å². The summed E-state index contributed by atoms with van der Waals surface area (Å²) in [5.74, 6) is 0. The van der Waals surface area contributed by atoms with Crippen molar-refractivity contribution in [1.82, 2.24) is 9.71 Å². The third-order valence-corrected chi connectivity index (χ3v) is 6.66. The Morgan fingerprint density at radius 3 is 2.39 bits per heavy atom. The van der Waals surface area contributed by atoms with Gasteiger partial charge < -0.3 is 10.7 Å². The van der Waals surface area contributed by atoms with E-state index in [2.05, 4.69) is 4.98 Å². The standard InChI is InChI=1S/C21H21F3N4O2S/c1-11-4-13(3)20(17(26)7-11)31(29,30)28-18(21(22,23)24)8-15-10-27-19-14(9-25)5-12(2)6-16(15)19/h4-7,10,18,27-28H,8,26H2,1-3H3. The number of fused-ring (bicyclic) bond motifs is 1. The number of alkyl halides is 3. The number of nitrogen functional groups attached to an aromatic ring is 1. The van der Waals surface area contributed by atoms with Crippen molar-refractivity contribution in [1.29, 1.82) is 5.26 Å². The number of nitrogens with two attached hydrogens (primary N) is 1. The van der Waals surface area contributed by atoms with Gasteiger partial charge in [-0.25, -0.2) is 8.42 Å². The number of aromatic amines is 1. The quantitative estimate of drug-likeness (QED) is 0.510. The second kappa shape index (κ2) is 7.90. The molecule has 0 radical (unpaired) electrons. The highest BCUT2D eigenvalue weighted by Crippen LogP contribution is 2.31. The summed E-state index contributed by atoms with van der Waals surface area (Å²) >= 11 is 0. The van der Waals surface area contributed by atoms with Crippen LogP contribution < -0.4 is 10.5 Å². The van der Waals surface area contributed by atoms with Crippen molar-refractivity contribution in [3.63, 3.8) is 0 Å². The van der Waals surface area contributed by atoms with Crippen LogP contribution in [0, 0.1) is 32.1 Å². The minimum Gasteiger partial charge on any atom is -0.398 e. The fraction of sp³-hybridized carbons (Fsp3) is 0.286. The second-order valence-electron chi connectivity index (χ2n) is 7.58. The average Bonchev–Trinajstić information content (AvgIpc) is 3.01. The number of rotatable bonds is 5. The lowest BCUT2D eigenvalue weighted by atomic mass is 10.0. The molecule has 1 unspecified atom stereocenters. The first-order valence-electron chi connectivity index (χ1n) is 9.30. The van der Waals surface area contributed by atoms with Crippen molar-refractivity contribution in [3.8, 4) is 6.07 Å². The maximum atomic E-state index is 13.8. The van der Waals surface area contributed by atoms with Gasteiger partial charge in [0.25, 0.3) is 0 Å². The zero-order chi connectivity index (χ0) is 23.1. The Balaban J connectivity index is 2.03. The van der Waals surface area contributed by atoms with E-state index in [1.54, 1.807) is 36.8 Å². The minimum atomic E-state index is -4.86. The molecule has 0 saturated heterocycles. The first-order valence-corrected chi connectivity index (χ1v) is 10.8. The molecular weight excluding hydrogens is 429 g/mol. The molecule has 3 rings (SSSR count). The highest BCUT2D eigenvalue weighted by Gasteiger charge is 2.43. The van der Waals surface area contributed by atoms with Gasteiger partial charge in [-0.3, -0.25) is 0 Å². The monoisotopic (exact) mass is 450 g/mol. The molecule has 0 aliphatic heterocycles. The molecule has 2 aromatic carbocycles. The highest BCUT2D eigenvalue weighted by molar-refractivity contribution is 7.89. The number of aromatic nitrogens is 1. The molecule has 6 nitrogen and oxygen atoms in total. The fourth-order valence-electron chi connectivity index (χ4n) is 3.73. The van der Waals surface area contributed by atoms with Crippen molar-refractivity contribution in [3.05, 3.63) is 58.3 Å². The van der Waals surface area contributed by atoms with E-state index in [9.17, 15) is 26.9 Å².